The highest BCUT2D eigenvalue weighted by Crippen LogP contribution is 1.87. The van der Waals surface area contributed by atoms with E-state index in [1.54, 1.807) is 0 Å². The largest absolute Gasteiger partial charge is 0.377 e. The van der Waals surface area contributed by atoms with E-state index in [1.165, 1.54) is 0 Å². The molecule has 1 aliphatic heterocycles. The van der Waals surface area contributed by atoms with Crippen molar-refractivity contribution >= 4 is 0 Å². The van der Waals surface area contributed by atoms with Crippen LogP contribution in [0.15, 0.2) is 12.2 Å². The summed E-state index contributed by atoms with van der Waals surface area (Å²) in [4.78, 5) is 0. The van der Waals surface area contributed by atoms with Crippen molar-refractivity contribution in [1.29, 1.82) is 0 Å². The first-order chi connectivity index (χ1) is 13.0. The molecule has 0 fully saturated rings. The number of hydrogen-bond acceptors (Lipinski definition) is 8. The van der Waals surface area contributed by atoms with Gasteiger partial charge in [0.05, 0.1) is 106 Å². The van der Waals surface area contributed by atoms with Gasteiger partial charge in [-0.1, -0.05) is 12.2 Å². The molecule has 0 saturated heterocycles. The second kappa shape index (κ2) is 20.7. The molecule has 0 amide bonds. The van der Waals surface area contributed by atoms with Crippen LogP contribution in [-0.4, -0.2) is 106 Å². The normalized spacial score (nSPS) is 23.4. The lowest BCUT2D eigenvalue weighted by atomic mass is 10.5. The molecule has 0 unspecified atom stereocenters. The molecule has 0 saturated carbocycles. The van der Waals surface area contributed by atoms with Crippen molar-refractivity contribution in [1.82, 2.24) is 0 Å². The van der Waals surface area contributed by atoms with Crippen molar-refractivity contribution in [3.05, 3.63) is 12.2 Å². The molecule has 1 heterocycles. The van der Waals surface area contributed by atoms with E-state index in [9.17, 15) is 0 Å². The van der Waals surface area contributed by atoms with Crippen molar-refractivity contribution in [3.8, 4) is 0 Å². The Kier molecular flexibility index (Phi) is 18.7. The van der Waals surface area contributed by atoms with Gasteiger partial charge < -0.3 is 37.9 Å². The highest BCUT2D eigenvalue weighted by molar-refractivity contribution is 4.81. The Labute approximate surface area is 156 Å². The third-order valence-electron chi connectivity index (χ3n) is 3.20. The molecule has 0 aromatic rings. The Balaban J connectivity index is 2.04. The smallest absolute Gasteiger partial charge is 0.0704 e. The van der Waals surface area contributed by atoms with Gasteiger partial charge >= 0.3 is 0 Å². The van der Waals surface area contributed by atoms with Crippen molar-refractivity contribution in [3.63, 3.8) is 0 Å². The standard InChI is InChI=1S/C18H34O8/c1-2-4-20-6-8-22-10-12-24-14-16-26-18-17-25-15-13-23-11-9-21-7-5-19-3-1/h1-2H,3-18H2. The highest BCUT2D eigenvalue weighted by Gasteiger charge is 1.95. The Bertz CT molecular complexity index is 273. The summed E-state index contributed by atoms with van der Waals surface area (Å²) in [5.41, 5.74) is 0. The molecule has 8 heteroatoms. The van der Waals surface area contributed by atoms with Gasteiger partial charge in [0.15, 0.2) is 0 Å². The average Bonchev–Trinajstić information content (AvgIpc) is 2.65. The third kappa shape index (κ3) is 18.2. The molecule has 0 N–H and O–H groups in total. The van der Waals surface area contributed by atoms with E-state index >= 15 is 0 Å². The van der Waals surface area contributed by atoms with E-state index < -0.39 is 0 Å². The second-order valence-electron chi connectivity index (χ2n) is 5.30. The fourth-order valence-electron chi connectivity index (χ4n) is 1.88. The maximum atomic E-state index is 5.42. The van der Waals surface area contributed by atoms with Gasteiger partial charge in [0.1, 0.15) is 0 Å². The van der Waals surface area contributed by atoms with E-state index in [-0.39, 0.29) is 0 Å². The third-order valence-corrected chi connectivity index (χ3v) is 3.20. The van der Waals surface area contributed by atoms with E-state index in [1.807, 2.05) is 12.2 Å². The summed E-state index contributed by atoms with van der Waals surface area (Å²) in [6.07, 6.45) is 3.87. The second-order valence-corrected chi connectivity index (χ2v) is 5.30. The first-order valence-corrected chi connectivity index (χ1v) is 9.27. The average molecular weight is 378 g/mol. The molecule has 0 aromatic carbocycles. The highest BCUT2D eigenvalue weighted by atomic mass is 16.6. The number of rotatable bonds is 0. The van der Waals surface area contributed by atoms with Crippen LogP contribution in [0.4, 0.5) is 0 Å². The number of hydrogen-bond donors (Lipinski definition) is 0. The van der Waals surface area contributed by atoms with Gasteiger partial charge in [0.2, 0.25) is 0 Å². The van der Waals surface area contributed by atoms with E-state index in [0.29, 0.717) is 106 Å². The first-order valence-electron chi connectivity index (χ1n) is 9.27. The van der Waals surface area contributed by atoms with Crippen LogP contribution in [0.2, 0.25) is 0 Å². The lowest BCUT2D eigenvalue weighted by Gasteiger charge is -2.08. The van der Waals surface area contributed by atoms with Crippen LogP contribution in [0.25, 0.3) is 0 Å². The van der Waals surface area contributed by atoms with Gasteiger partial charge in [0.25, 0.3) is 0 Å². The number of ether oxygens (including phenoxy) is 8. The Morgan fingerprint density at radius 2 is 0.462 bits per heavy atom. The molecule has 0 radical (unpaired) electrons. The predicted octanol–water partition coefficient (Wildman–Crippen LogP) is 0.689. The molecule has 1 aliphatic rings. The molecule has 0 atom stereocenters. The van der Waals surface area contributed by atoms with Crippen molar-refractivity contribution in [2.75, 3.05) is 106 Å². The van der Waals surface area contributed by atoms with Crippen LogP contribution in [0.3, 0.4) is 0 Å². The molecule has 0 bridgehead atoms. The topological polar surface area (TPSA) is 73.8 Å². The molecule has 0 spiro atoms. The Morgan fingerprint density at radius 3 is 0.692 bits per heavy atom. The van der Waals surface area contributed by atoms with E-state index in [0.717, 1.165) is 0 Å². The fourth-order valence-corrected chi connectivity index (χ4v) is 1.88. The Hall–Kier alpha value is -0.580. The van der Waals surface area contributed by atoms with E-state index in [2.05, 4.69) is 0 Å². The van der Waals surface area contributed by atoms with E-state index in [4.69, 9.17) is 37.9 Å². The molecular formula is C18H34O8. The molecule has 154 valence electrons. The van der Waals surface area contributed by atoms with Crippen molar-refractivity contribution in [2.24, 2.45) is 0 Å². The zero-order valence-electron chi connectivity index (χ0n) is 15.7. The summed E-state index contributed by atoms with van der Waals surface area (Å²) in [6.45, 7) is 8.87. The van der Waals surface area contributed by atoms with Gasteiger partial charge in [-0.25, -0.2) is 0 Å². The summed E-state index contributed by atoms with van der Waals surface area (Å²) >= 11 is 0. The zero-order valence-corrected chi connectivity index (χ0v) is 15.7. The minimum atomic E-state index is 0.550. The summed E-state index contributed by atoms with van der Waals surface area (Å²) in [6, 6.07) is 0. The van der Waals surface area contributed by atoms with Gasteiger partial charge in [-0.15, -0.1) is 0 Å². The molecular weight excluding hydrogens is 344 g/mol. The van der Waals surface area contributed by atoms with Gasteiger partial charge in [-0.2, -0.15) is 0 Å². The maximum absolute atomic E-state index is 5.42. The maximum Gasteiger partial charge on any atom is 0.0704 e. The first kappa shape index (κ1) is 23.5. The van der Waals surface area contributed by atoms with Crippen molar-refractivity contribution in [2.45, 2.75) is 0 Å². The summed E-state index contributed by atoms with van der Waals surface area (Å²) in [5, 5.41) is 0. The summed E-state index contributed by atoms with van der Waals surface area (Å²) in [5.74, 6) is 0. The summed E-state index contributed by atoms with van der Waals surface area (Å²) in [7, 11) is 0. The van der Waals surface area contributed by atoms with Crippen LogP contribution in [0, 0.1) is 0 Å². The lowest BCUT2D eigenvalue weighted by molar-refractivity contribution is -0.0223. The van der Waals surface area contributed by atoms with Gasteiger partial charge in [-0.05, 0) is 0 Å². The van der Waals surface area contributed by atoms with Crippen LogP contribution in [0.1, 0.15) is 0 Å². The molecule has 26 heavy (non-hydrogen) atoms. The molecule has 0 aliphatic carbocycles. The van der Waals surface area contributed by atoms with Crippen molar-refractivity contribution < 1.29 is 37.9 Å². The quantitative estimate of drug-likeness (QED) is 0.570. The minimum absolute atomic E-state index is 0.550. The molecule has 1 rings (SSSR count). The SMILES string of the molecule is C1=CCOCCOCCOCCOCCOCCOCCOCCOC1. The van der Waals surface area contributed by atoms with Crippen LogP contribution >= 0.6 is 0 Å². The van der Waals surface area contributed by atoms with Crippen LogP contribution < -0.4 is 0 Å². The predicted molar refractivity (Wildman–Crippen MR) is 95.7 cm³/mol. The minimum Gasteiger partial charge on any atom is -0.377 e. The monoisotopic (exact) mass is 378 g/mol. The van der Waals surface area contributed by atoms with Gasteiger partial charge in [-0.3, -0.25) is 0 Å². The molecule has 0 aromatic heterocycles. The lowest BCUT2D eigenvalue weighted by Crippen LogP contribution is -2.15. The summed E-state index contributed by atoms with van der Waals surface area (Å²) < 4.78 is 43.3. The fraction of sp³-hybridized carbons (Fsp3) is 0.889. The van der Waals surface area contributed by atoms with Crippen LogP contribution in [0.5, 0.6) is 0 Å². The van der Waals surface area contributed by atoms with Crippen LogP contribution in [-0.2, 0) is 37.9 Å². The van der Waals surface area contributed by atoms with Gasteiger partial charge in [0, 0.05) is 0 Å². The zero-order chi connectivity index (χ0) is 18.4. The molecule has 8 nitrogen and oxygen atoms in total. The Morgan fingerprint density at radius 1 is 0.269 bits per heavy atom.